The minimum absolute atomic E-state index is 0.206. The molecule has 0 saturated carbocycles. The van der Waals surface area contributed by atoms with Crippen LogP contribution in [0.15, 0.2) is 0 Å². The van der Waals surface area contributed by atoms with E-state index in [1.54, 1.807) is 0 Å². The number of nitrogens with one attached hydrogen (secondary N) is 1. The topological polar surface area (TPSA) is 55.1 Å². The van der Waals surface area contributed by atoms with Crippen LogP contribution in [-0.4, -0.2) is 18.5 Å². The Hall–Kier alpha value is -0.570. The zero-order valence-electron chi connectivity index (χ0n) is 8.81. The molecule has 13 heavy (non-hydrogen) atoms. The summed E-state index contributed by atoms with van der Waals surface area (Å²) in [4.78, 5) is 10.4. The highest BCUT2D eigenvalue weighted by Gasteiger charge is 2.00. The summed E-state index contributed by atoms with van der Waals surface area (Å²) in [6, 6.07) is 0.563. The van der Waals surface area contributed by atoms with Crippen molar-refractivity contribution in [2.75, 3.05) is 6.54 Å². The number of rotatable bonds is 8. The van der Waals surface area contributed by atoms with Crippen molar-refractivity contribution in [3.63, 3.8) is 0 Å². The minimum Gasteiger partial charge on any atom is -0.370 e. The van der Waals surface area contributed by atoms with Crippen LogP contribution in [0.5, 0.6) is 0 Å². The van der Waals surface area contributed by atoms with Crippen LogP contribution < -0.4 is 11.1 Å². The number of hydrogen-bond donors (Lipinski definition) is 2. The van der Waals surface area contributed by atoms with Gasteiger partial charge in [0.1, 0.15) is 0 Å². The van der Waals surface area contributed by atoms with Crippen molar-refractivity contribution in [3.05, 3.63) is 0 Å². The largest absolute Gasteiger partial charge is 0.370 e. The van der Waals surface area contributed by atoms with Crippen LogP contribution >= 0.6 is 0 Å². The first-order valence-electron chi connectivity index (χ1n) is 5.18. The molecule has 1 unspecified atom stereocenters. The van der Waals surface area contributed by atoms with Gasteiger partial charge in [0.25, 0.3) is 0 Å². The third-order valence-electron chi connectivity index (χ3n) is 2.08. The molecule has 1 amide bonds. The van der Waals surface area contributed by atoms with Crippen LogP contribution in [-0.2, 0) is 4.79 Å². The van der Waals surface area contributed by atoms with E-state index < -0.39 is 0 Å². The zero-order chi connectivity index (χ0) is 10.1. The van der Waals surface area contributed by atoms with Crippen molar-refractivity contribution in [1.29, 1.82) is 0 Å². The first-order valence-corrected chi connectivity index (χ1v) is 5.18. The molecular weight excluding hydrogens is 164 g/mol. The Labute approximate surface area is 81.1 Å². The Morgan fingerprint density at radius 2 is 2.15 bits per heavy atom. The normalized spacial score (nSPS) is 12.8. The lowest BCUT2D eigenvalue weighted by molar-refractivity contribution is -0.118. The molecule has 78 valence electrons. The molecule has 0 fully saturated rings. The third kappa shape index (κ3) is 9.34. The van der Waals surface area contributed by atoms with Crippen LogP contribution in [0.25, 0.3) is 0 Å². The smallest absolute Gasteiger partial charge is 0.217 e. The van der Waals surface area contributed by atoms with Gasteiger partial charge >= 0.3 is 0 Å². The minimum atomic E-state index is -0.206. The molecule has 0 rings (SSSR count). The summed E-state index contributed by atoms with van der Waals surface area (Å²) in [7, 11) is 0. The molecule has 0 aliphatic carbocycles. The lowest BCUT2D eigenvalue weighted by atomic mass is 10.1. The SMILES string of the molecule is CCCCC(C)NCCCC(N)=O. The van der Waals surface area contributed by atoms with E-state index in [1.807, 2.05) is 0 Å². The number of unbranched alkanes of at least 4 members (excludes halogenated alkanes) is 1. The van der Waals surface area contributed by atoms with E-state index in [1.165, 1.54) is 19.3 Å². The molecule has 0 aromatic carbocycles. The van der Waals surface area contributed by atoms with Crippen molar-refractivity contribution >= 4 is 5.91 Å². The molecule has 0 heterocycles. The van der Waals surface area contributed by atoms with Crippen molar-refractivity contribution in [1.82, 2.24) is 5.32 Å². The maximum Gasteiger partial charge on any atom is 0.217 e. The third-order valence-corrected chi connectivity index (χ3v) is 2.08. The van der Waals surface area contributed by atoms with Gasteiger partial charge in [-0.2, -0.15) is 0 Å². The number of carbonyl (C=O) groups is 1. The van der Waals surface area contributed by atoms with Gasteiger partial charge in [0.15, 0.2) is 0 Å². The van der Waals surface area contributed by atoms with Crippen LogP contribution in [0.2, 0.25) is 0 Å². The van der Waals surface area contributed by atoms with Gasteiger partial charge in [0.2, 0.25) is 5.91 Å². The summed E-state index contributed by atoms with van der Waals surface area (Å²) in [5.41, 5.74) is 5.02. The first-order chi connectivity index (χ1) is 6.16. The fraction of sp³-hybridized carbons (Fsp3) is 0.900. The zero-order valence-corrected chi connectivity index (χ0v) is 8.81. The van der Waals surface area contributed by atoms with Gasteiger partial charge in [0.05, 0.1) is 0 Å². The highest BCUT2D eigenvalue weighted by atomic mass is 16.1. The van der Waals surface area contributed by atoms with E-state index in [4.69, 9.17) is 5.73 Å². The summed E-state index contributed by atoms with van der Waals surface area (Å²) < 4.78 is 0. The molecule has 0 spiro atoms. The van der Waals surface area contributed by atoms with Crippen LogP contribution in [0.1, 0.15) is 46.0 Å². The van der Waals surface area contributed by atoms with Crippen molar-refractivity contribution in [3.8, 4) is 0 Å². The molecule has 0 aromatic heterocycles. The van der Waals surface area contributed by atoms with Gasteiger partial charge < -0.3 is 11.1 Å². The molecule has 3 heteroatoms. The van der Waals surface area contributed by atoms with Gasteiger partial charge in [-0.3, -0.25) is 4.79 Å². The summed E-state index contributed by atoms with van der Waals surface area (Å²) in [5, 5.41) is 3.36. The van der Waals surface area contributed by atoms with Crippen LogP contribution in [0, 0.1) is 0 Å². The number of carbonyl (C=O) groups excluding carboxylic acids is 1. The number of primary amides is 1. The first kappa shape index (κ1) is 12.4. The van der Waals surface area contributed by atoms with E-state index in [9.17, 15) is 4.79 Å². The molecule has 0 bridgehead atoms. The predicted molar refractivity (Wildman–Crippen MR) is 55.4 cm³/mol. The van der Waals surface area contributed by atoms with E-state index in [0.29, 0.717) is 12.5 Å². The molecular formula is C10H22N2O. The standard InChI is InChI=1S/C10H22N2O/c1-3-4-6-9(2)12-8-5-7-10(11)13/h9,12H,3-8H2,1-2H3,(H2,11,13). The van der Waals surface area contributed by atoms with Crippen molar-refractivity contribution < 1.29 is 4.79 Å². The Kier molecular flexibility index (Phi) is 7.69. The van der Waals surface area contributed by atoms with Crippen LogP contribution in [0.4, 0.5) is 0 Å². The maximum atomic E-state index is 10.4. The van der Waals surface area contributed by atoms with Gasteiger partial charge in [-0.05, 0) is 26.3 Å². The fourth-order valence-electron chi connectivity index (χ4n) is 1.22. The predicted octanol–water partition coefficient (Wildman–Crippen LogP) is 1.42. The highest BCUT2D eigenvalue weighted by Crippen LogP contribution is 1.99. The second-order valence-corrected chi connectivity index (χ2v) is 3.57. The van der Waals surface area contributed by atoms with E-state index in [-0.39, 0.29) is 5.91 Å². The van der Waals surface area contributed by atoms with E-state index >= 15 is 0 Å². The number of nitrogens with two attached hydrogens (primary N) is 1. The molecule has 0 saturated heterocycles. The summed E-state index contributed by atoms with van der Waals surface area (Å²) in [5.74, 6) is -0.206. The highest BCUT2D eigenvalue weighted by molar-refractivity contribution is 5.73. The molecule has 0 aromatic rings. The molecule has 0 aliphatic rings. The summed E-state index contributed by atoms with van der Waals surface area (Å²) >= 11 is 0. The fourth-order valence-corrected chi connectivity index (χ4v) is 1.22. The molecule has 0 radical (unpaired) electrons. The Morgan fingerprint density at radius 3 is 2.69 bits per heavy atom. The summed E-state index contributed by atoms with van der Waals surface area (Å²) in [6.45, 7) is 5.27. The Bertz CT molecular complexity index is 137. The van der Waals surface area contributed by atoms with Gasteiger partial charge in [-0.25, -0.2) is 0 Å². The molecule has 3 nitrogen and oxygen atoms in total. The van der Waals surface area contributed by atoms with Gasteiger partial charge in [-0.1, -0.05) is 19.8 Å². The molecule has 3 N–H and O–H groups in total. The maximum absolute atomic E-state index is 10.4. The molecule has 0 aliphatic heterocycles. The quantitative estimate of drug-likeness (QED) is 0.563. The average Bonchev–Trinajstić information content (AvgIpc) is 2.08. The van der Waals surface area contributed by atoms with E-state index in [0.717, 1.165) is 13.0 Å². The van der Waals surface area contributed by atoms with Crippen LogP contribution in [0.3, 0.4) is 0 Å². The monoisotopic (exact) mass is 186 g/mol. The second-order valence-electron chi connectivity index (χ2n) is 3.57. The number of hydrogen-bond acceptors (Lipinski definition) is 2. The van der Waals surface area contributed by atoms with Crippen molar-refractivity contribution in [2.45, 2.75) is 52.0 Å². The lowest BCUT2D eigenvalue weighted by Crippen LogP contribution is -2.27. The van der Waals surface area contributed by atoms with Crippen molar-refractivity contribution in [2.24, 2.45) is 5.73 Å². The molecule has 1 atom stereocenters. The van der Waals surface area contributed by atoms with Gasteiger partial charge in [-0.15, -0.1) is 0 Å². The Morgan fingerprint density at radius 1 is 1.46 bits per heavy atom. The number of amides is 1. The van der Waals surface area contributed by atoms with Gasteiger partial charge in [0, 0.05) is 12.5 Å². The van der Waals surface area contributed by atoms with E-state index in [2.05, 4.69) is 19.2 Å². The Balaban J connectivity index is 3.16. The average molecular weight is 186 g/mol. The second kappa shape index (κ2) is 8.05. The summed E-state index contributed by atoms with van der Waals surface area (Å²) in [6.07, 6.45) is 5.07. The lowest BCUT2D eigenvalue weighted by Gasteiger charge is -2.12.